The maximum atomic E-state index is 10.8. The zero-order valence-corrected chi connectivity index (χ0v) is 9.16. The van der Waals surface area contributed by atoms with Crippen LogP contribution in [-0.4, -0.2) is 34.9 Å². The predicted octanol–water partition coefficient (Wildman–Crippen LogP) is 0.846. The number of rotatable bonds is 7. The second-order valence-electron chi connectivity index (χ2n) is 3.86. The summed E-state index contributed by atoms with van der Waals surface area (Å²) in [6, 6.07) is -0.515. The van der Waals surface area contributed by atoms with Gasteiger partial charge in [0.25, 0.3) is 0 Å². The second-order valence-corrected chi connectivity index (χ2v) is 3.86. The summed E-state index contributed by atoms with van der Waals surface area (Å²) in [6.07, 6.45) is 0.984. The van der Waals surface area contributed by atoms with Crippen LogP contribution >= 0.6 is 0 Å². The van der Waals surface area contributed by atoms with Gasteiger partial charge in [0.05, 0.1) is 6.10 Å². The number of aliphatic hydroxyl groups excluding tert-OH is 1. The molecule has 0 aliphatic carbocycles. The Morgan fingerprint density at radius 3 is 2.36 bits per heavy atom. The topological polar surface area (TPSA) is 69.6 Å². The third-order valence-corrected chi connectivity index (χ3v) is 2.25. The Morgan fingerprint density at radius 1 is 1.43 bits per heavy atom. The standard InChI is InChI=1S/C10H21NO3/c1-4-8(12)5-6-11-9(7(2)3)10(13)14/h7-9,11-12H,4-6H2,1-3H3,(H,13,14). The molecule has 0 heterocycles. The summed E-state index contributed by atoms with van der Waals surface area (Å²) in [5.41, 5.74) is 0. The van der Waals surface area contributed by atoms with Crippen LogP contribution in [0.5, 0.6) is 0 Å². The summed E-state index contributed by atoms with van der Waals surface area (Å²) in [5, 5.41) is 21.0. The molecule has 0 spiro atoms. The van der Waals surface area contributed by atoms with E-state index in [1.807, 2.05) is 20.8 Å². The fraction of sp³-hybridized carbons (Fsp3) is 0.900. The molecule has 0 fully saturated rings. The molecule has 0 aliphatic heterocycles. The summed E-state index contributed by atoms with van der Waals surface area (Å²) in [4.78, 5) is 10.8. The van der Waals surface area contributed by atoms with Crippen LogP contribution in [0.15, 0.2) is 0 Å². The van der Waals surface area contributed by atoms with Gasteiger partial charge in [-0.2, -0.15) is 0 Å². The van der Waals surface area contributed by atoms with Crippen LogP contribution in [0.25, 0.3) is 0 Å². The number of carbonyl (C=O) groups is 1. The predicted molar refractivity (Wildman–Crippen MR) is 55.2 cm³/mol. The van der Waals surface area contributed by atoms with Crippen LogP contribution in [0.2, 0.25) is 0 Å². The van der Waals surface area contributed by atoms with E-state index in [2.05, 4.69) is 5.32 Å². The van der Waals surface area contributed by atoms with Gasteiger partial charge < -0.3 is 15.5 Å². The third kappa shape index (κ3) is 5.19. The molecule has 4 nitrogen and oxygen atoms in total. The highest BCUT2D eigenvalue weighted by Gasteiger charge is 2.20. The third-order valence-electron chi connectivity index (χ3n) is 2.25. The zero-order chi connectivity index (χ0) is 11.1. The van der Waals surface area contributed by atoms with Gasteiger partial charge in [-0.05, 0) is 25.3 Å². The summed E-state index contributed by atoms with van der Waals surface area (Å²) < 4.78 is 0. The van der Waals surface area contributed by atoms with Crippen LogP contribution in [-0.2, 0) is 4.79 Å². The molecule has 14 heavy (non-hydrogen) atoms. The minimum absolute atomic E-state index is 0.0614. The summed E-state index contributed by atoms with van der Waals surface area (Å²) in [7, 11) is 0. The van der Waals surface area contributed by atoms with E-state index >= 15 is 0 Å². The van der Waals surface area contributed by atoms with Gasteiger partial charge >= 0.3 is 5.97 Å². The first-order valence-electron chi connectivity index (χ1n) is 5.13. The largest absolute Gasteiger partial charge is 0.480 e. The fourth-order valence-electron chi connectivity index (χ4n) is 1.22. The lowest BCUT2D eigenvalue weighted by Gasteiger charge is -2.18. The lowest BCUT2D eigenvalue weighted by molar-refractivity contribution is -0.140. The molecule has 0 aromatic heterocycles. The summed E-state index contributed by atoms with van der Waals surface area (Å²) >= 11 is 0. The molecule has 4 heteroatoms. The molecule has 3 N–H and O–H groups in total. The summed E-state index contributed by atoms with van der Waals surface area (Å²) in [6.45, 7) is 6.18. The number of hydrogen-bond donors (Lipinski definition) is 3. The highest BCUT2D eigenvalue weighted by Crippen LogP contribution is 2.02. The van der Waals surface area contributed by atoms with Gasteiger partial charge in [-0.1, -0.05) is 20.8 Å². The number of aliphatic carboxylic acids is 1. The molecular weight excluding hydrogens is 182 g/mol. The SMILES string of the molecule is CCC(O)CCNC(C(=O)O)C(C)C. The molecule has 2 atom stereocenters. The zero-order valence-electron chi connectivity index (χ0n) is 9.16. The molecule has 0 rings (SSSR count). The average Bonchev–Trinajstić information content (AvgIpc) is 2.10. The smallest absolute Gasteiger partial charge is 0.320 e. The van der Waals surface area contributed by atoms with E-state index in [4.69, 9.17) is 5.11 Å². The first-order valence-corrected chi connectivity index (χ1v) is 5.13. The van der Waals surface area contributed by atoms with E-state index in [0.29, 0.717) is 19.4 Å². The van der Waals surface area contributed by atoms with Crippen LogP contribution in [0.1, 0.15) is 33.6 Å². The van der Waals surface area contributed by atoms with Crippen LogP contribution in [0.3, 0.4) is 0 Å². The molecule has 2 unspecified atom stereocenters. The number of carboxylic acids is 1. The maximum Gasteiger partial charge on any atom is 0.320 e. The Kier molecular flexibility index (Phi) is 6.49. The van der Waals surface area contributed by atoms with Crippen molar-refractivity contribution in [2.75, 3.05) is 6.54 Å². The van der Waals surface area contributed by atoms with Gasteiger partial charge in [0, 0.05) is 0 Å². The van der Waals surface area contributed by atoms with E-state index in [-0.39, 0.29) is 12.0 Å². The van der Waals surface area contributed by atoms with Crippen molar-refractivity contribution in [1.82, 2.24) is 5.32 Å². The van der Waals surface area contributed by atoms with E-state index in [0.717, 1.165) is 0 Å². The highest BCUT2D eigenvalue weighted by molar-refractivity contribution is 5.73. The first kappa shape index (κ1) is 13.4. The molecule has 0 aliphatic rings. The second kappa shape index (κ2) is 6.79. The number of nitrogens with one attached hydrogen (secondary N) is 1. The number of aliphatic hydroxyl groups is 1. The van der Waals surface area contributed by atoms with E-state index in [9.17, 15) is 9.90 Å². The Labute approximate surface area is 85.3 Å². The molecule has 0 aromatic carbocycles. The molecule has 0 radical (unpaired) electrons. The van der Waals surface area contributed by atoms with Gasteiger partial charge in [0.2, 0.25) is 0 Å². The van der Waals surface area contributed by atoms with Crippen molar-refractivity contribution >= 4 is 5.97 Å². The molecule has 84 valence electrons. The van der Waals surface area contributed by atoms with Crippen molar-refractivity contribution in [2.24, 2.45) is 5.92 Å². The van der Waals surface area contributed by atoms with Crippen LogP contribution in [0.4, 0.5) is 0 Å². The molecule has 0 aromatic rings. The molecular formula is C10H21NO3. The number of hydrogen-bond acceptors (Lipinski definition) is 3. The van der Waals surface area contributed by atoms with Crippen molar-refractivity contribution in [2.45, 2.75) is 45.8 Å². The number of carboxylic acid groups (broad SMARTS) is 1. The van der Waals surface area contributed by atoms with Crippen LogP contribution < -0.4 is 5.32 Å². The lowest BCUT2D eigenvalue weighted by Crippen LogP contribution is -2.42. The van der Waals surface area contributed by atoms with Gasteiger partial charge in [0.1, 0.15) is 6.04 Å². The molecule has 0 saturated carbocycles. The van der Waals surface area contributed by atoms with Crippen LogP contribution in [0, 0.1) is 5.92 Å². The van der Waals surface area contributed by atoms with E-state index in [1.165, 1.54) is 0 Å². The van der Waals surface area contributed by atoms with Crippen molar-refractivity contribution in [3.8, 4) is 0 Å². The first-order chi connectivity index (χ1) is 6.49. The van der Waals surface area contributed by atoms with Gasteiger partial charge in [-0.3, -0.25) is 4.79 Å². The maximum absolute atomic E-state index is 10.8. The minimum Gasteiger partial charge on any atom is -0.480 e. The molecule has 0 amide bonds. The monoisotopic (exact) mass is 203 g/mol. The Bertz CT molecular complexity index is 171. The minimum atomic E-state index is -0.828. The van der Waals surface area contributed by atoms with Crippen molar-refractivity contribution in [3.63, 3.8) is 0 Å². The lowest BCUT2D eigenvalue weighted by atomic mass is 10.0. The van der Waals surface area contributed by atoms with Crippen molar-refractivity contribution < 1.29 is 15.0 Å². The van der Waals surface area contributed by atoms with E-state index < -0.39 is 12.0 Å². The van der Waals surface area contributed by atoms with Gasteiger partial charge in [-0.25, -0.2) is 0 Å². The van der Waals surface area contributed by atoms with Gasteiger partial charge in [-0.15, -0.1) is 0 Å². The summed E-state index contributed by atoms with van der Waals surface area (Å²) in [5.74, 6) is -0.766. The van der Waals surface area contributed by atoms with Crippen molar-refractivity contribution in [3.05, 3.63) is 0 Å². The molecule has 0 bridgehead atoms. The average molecular weight is 203 g/mol. The van der Waals surface area contributed by atoms with Crippen molar-refractivity contribution in [1.29, 1.82) is 0 Å². The Balaban J connectivity index is 3.78. The Hall–Kier alpha value is -0.610. The fourth-order valence-corrected chi connectivity index (χ4v) is 1.22. The van der Waals surface area contributed by atoms with Gasteiger partial charge in [0.15, 0.2) is 0 Å². The highest BCUT2D eigenvalue weighted by atomic mass is 16.4. The van der Waals surface area contributed by atoms with E-state index in [1.54, 1.807) is 0 Å². The Morgan fingerprint density at radius 2 is 2.00 bits per heavy atom. The quantitative estimate of drug-likeness (QED) is 0.573. The molecule has 0 saturated heterocycles. The normalized spacial score (nSPS) is 15.5.